The van der Waals surface area contributed by atoms with Crippen LogP contribution in [0.5, 0.6) is 0 Å². The molecule has 0 radical (unpaired) electrons. The fraction of sp³-hybridized carbons (Fsp3) is 0.0625. The second-order valence-electron chi connectivity index (χ2n) is 5.05. The third-order valence-electron chi connectivity index (χ3n) is 3.70. The summed E-state index contributed by atoms with van der Waals surface area (Å²) in [6.45, 7) is 0. The predicted octanol–water partition coefficient (Wildman–Crippen LogP) is 2.23. The van der Waals surface area contributed by atoms with Crippen LogP contribution in [0.4, 0.5) is 5.95 Å². The van der Waals surface area contributed by atoms with Crippen molar-refractivity contribution in [2.24, 2.45) is 10.1 Å². The summed E-state index contributed by atoms with van der Waals surface area (Å²) in [4.78, 5) is 4.46. The lowest BCUT2D eigenvalue weighted by molar-refractivity contribution is 0.316. The Labute approximate surface area is 131 Å². The molecule has 1 aromatic heterocycles. The van der Waals surface area contributed by atoms with Crippen LogP contribution in [0.15, 0.2) is 70.8 Å². The molecule has 1 aliphatic heterocycles. The van der Waals surface area contributed by atoms with Crippen LogP contribution < -0.4 is 0 Å². The second-order valence-corrected chi connectivity index (χ2v) is 5.05. The summed E-state index contributed by atoms with van der Waals surface area (Å²) in [5, 5.41) is 24.8. The van der Waals surface area contributed by atoms with Gasteiger partial charge in [-0.15, -0.1) is 0 Å². The lowest BCUT2D eigenvalue weighted by Crippen LogP contribution is -2.32. The van der Waals surface area contributed by atoms with Crippen molar-refractivity contribution in [1.82, 2.24) is 20.2 Å². The van der Waals surface area contributed by atoms with Gasteiger partial charge in [0.2, 0.25) is 0 Å². The number of aromatic nitrogens is 4. The van der Waals surface area contributed by atoms with E-state index >= 15 is 0 Å². The van der Waals surface area contributed by atoms with E-state index < -0.39 is 6.04 Å². The molecule has 0 spiro atoms. The molecule has 7 heteroatoms. The van der Waals surface area contributed by atoms with E-state index in [9.17, 15) is 5.21 Å². The van der Waals surface area contributed by atoms with Crippen molar-refractivity contribution in [2.45, 2.75) is 6.04 Å². The Morgan fingerprint density at radius 3 is 2.35 bits per heavy atom. The molecule has 1 unspecified atom stereocenters. The Morgan fingerprint density at radius 2 is 1.65 bits per heavy atom. The highest BCUT2D eigenvalue weighted by Crippen LogP contribution is 2.29. The molecule has 112 valence electrons. The molecule has 0 aliphatic carbocycles. The molecular formula is C16H12N6O. The summed E-state index contributed by atoms with van der Waals surface area (Å²) < 4.78 is 1.55. The van der Waals surface area contributed by atoms with Crippen molar-refractivity contribution < 1.29 is 5.21 Å². The number of nitrogens with zero attached hydrogens (tertiary/aromatic N) is 6. The number of rotatable bonds is 2. The highest BCUT2D eigenvalue weighted by molar-refractivity contribution is 6.50. The van der Waals surface area contributed by atoms with Crippen LogP contribution in [0.1, 0.15) is 17.2 Å². The first-order valence-electron chi connectivity index (χ1n) is 7.07. The minimum Gasteiger partial charge on any atom is -0.411 e. The van der Waals surface area contributed by atoms with E-state index in [0.29, 0.717) is 17.4 Å². The number of fused-ring (bicyclic) bond motifs is 1. The van der Waals surface area contributed by atoms with Gasteiger partial charge >= 0.3 is 0 Å². The van der Waals surface area contributed by atoms with Gasteiger partial charge in [-0.2, -0.15) is 4.68 Å². The second kappa shape index (κ2) is 5.45. The lowest BCUT2D eigenvalue weighted by atomic mass is 9.94. The predicted molar refractivity (Wildman–Crippen MR) is 84.3 cm³/mol. The summed E-state index contributed by atoms with van der Waals surface area (Å²) in [6.07, 6.45) is 0. The van der Waals surface area contributed by atoms with Gasteiger partial charge in [-0.1, -0.05) is 70.9 Å². The van der Waals surface area contributed by atoms with E-state index in [1.54, 1.807) is 4.68 Å². The van der Waals surface area contributed by atoms with Gasteiger partial charge in [0, 0.05) is 5.56 Å². The lowest BCUT2D eigenvalue weighted by Gasteiger charge is -2.23. The molecule has 2 aromatic carbocycles. The van der Waals surface area contributed by atoms with Gasteiger partial charge in [-0.05, 0) is 16.0 Å². The van der Waals surface area contributed by atoms with E-state index in [0.717, 1.165) is 11.1 Å². The van der Waals surface area contributed by atoms with Crippen molar-refractivity contribution in [3.05, 3.63) is 71.8 Å². The molecule has 1 N–H and O–H groups in total. The Hall–Kier alpha value is -3.35. The SMILES string of the molecule is O/N=C1\C(c2ccccc2)=Nc2nnnn2C1c1ccccc1. The van der Waals surface area contributed by atoms with Gasteiger partial charge in [-0.25, -0.2) is 4.99 Å². The number of hydrogen-bond donors (Lipinski definition) is 1. The first-order chi connectivity index (χ1) is 11.4. The fourth-order valence-electron chi connectivity index (χ4n) is 2.68. The average molecular weight is 304 g/mol. The first kappa shape index (κ1) is 13.3. The van der Waals surface area contributed by atoms with Crippen LogP contribution in [-0.2, 0) is 0 Å². The van der Waals surface area contributed by atoms with Crippen molar-refractivity contribution in [3.8, 4) is 0 Å². The maximum absolute atomic E-state index is 9.64. The van der Waals surface area contributed by atoms with Crippen LogP contribution in [0.25, 0.3) is 0 Å². The summed E-state index contributed by atoms with van der Waals surface area (Å²) in [7, 11) is 0. The van der Waals surface area contributed by atoms with Crippen LogP contribution in [-0.4, -0.2) is 36.8 Å². The largest absolute Gasteiger partial charge is 0.411 e. The topological polar surface area (TPSA) is 88.6 Å². The van der Waals surface area contributed by atoms with Gasteiger partial charge in [0.25, 0.3) is 5.95 Å². The third-order valence-corrected chi connectivity index (χ3v) is 3.70. The Balaban J connectivity index is 1.93. The molecule has 0 bridgehead atoms. The molecule has 23 heavy (non-hydrogen) atoms. The van der Waals surface area contributed by atoms with Gasteiger partial charge in [-0.3, -0.25) is 0 Å². The number of aliphatic imine (C=N–C) groups is 1. The minimum atomic E-state index is -0.432. The Bertz CT molecular complexity index is 885. The Kier molecular flexibility index (Phi) is 3.16. The zero-order valence-corrected chi connectivity index (χ0v) is 12.0. The average Bonchev–Trinajstić information content (AvgIpc) is 3.09. The molecular weight excluding hydrogens is 292 g/mol. The Morgan fingerprint density at radius 1 is 0.957 bits per heavy atom. The monoisotopic (exact) mass is 304 g/mol. The highest BCUT2D eigenvalue weighted by Gasteiger charge is 2.33. The summed E-state index contributed by atoms with van der Waals surface area (Å²) in [5.41, 5.74) is 2.72. The van der Waals surface area contributed by atoms with Crippen molar-refractivity contribution >= 4 is 17.4 Å². The van der Waals surface area contributed by atoms with E-state index in [-0.39, 0.29) is 0 Å². The standard InChI is InChI=1S/C16H12N6O/c23-19-14-13(11-7-3-1-4-8-11)17-16-18-20-21-22(16)15(14)12-9-5-2-6-10-12/h1-10,15,23H/b19-14+. The van der Waals surface area contributed by atoms with Crippen molar-refractivity contribution in [3.63, 3.8) is 0 Å². The fourth-order valence-corrected chi connectivity index (χ4v) is 2.68. The van der Waals surface area contributed by atoms with Crippen molar-refractivity contribution in [2.75, 3.05) is 0 Å². The van der Waals surface area contributed by atoms with Gasteiger partial charge in [0.15, 0.2) is 0 Å². The molecule has 2 heterocycles. The van der Waals surface area contributed by atoms with E-state index in [2.05, 4.69) is 25.7 Å². The first-order valence-corrected chi connectivity index (χ1v) is 7.07. The van der Waals surface area contributed by atoms with E-state index in [1.165, 1.54) is 0 Å². The van der Waals surface area contributed by atoms with Crippen molar-refractivity contribution in [1.29, 1.82) is 0 Å². The number of oxime groups is 1. The molecule has 0 amide bonds. The molecule has 1 aliphatic rings. The van der Waals surface area contributed by atoms with E-state index in [4.69, 9.17) is 0 Å². The molecule has 4 rings (SSSR count). The molecule has 0 fully saturated rings. The highest BCUT2D eigenvalue weighted by atomic mass is 16.4. The maximum atomic E-state index is 9.64. The van der Waals surface area contributed by atoms with Crippen LogP contribution >= 0.6 is 0 Å². The number of benzene rings is 2. The van der Waals surface area contributed by atoms with E-state index in [1.807, 2.05) is 60.7 Å². The quantitative estimate of drug-likeness (QED) is 0.581. The zero-order chi connectivity index (χ0) is 15.6. The molecule has 0 saturated heterocycles. The smallest absolute Gasteiger partial charge is 0.270 e. The molecule has 0 saturated carbocycles. The minimum absolute atomic E-state index is 0.380. The van der Waals surface area contributed by atoms with Crippen LogP contribution in [0.3, 0.4) is 0 Å². The molecule has 3 aromatic rings. The summed E-state index contributed by atoms with van der Waals surface area (Å²) in [5.74, 6) is 0.380. The zero-order valence-electron chi connectivity index (χ0n) is 12.0. The van der Waals surface area contributed by atoms with Gasteiger partial charge < -0.3 is 5.21 Å². The molecule has 7 nitrogen and oxygen atoms in total. The number of hydrogen-bond acceptors (Lipinski definition) is 6. The maximum Gasteiger partial charge on any atom is 0.270 e. The van der Waals surface area contributed by atoms with Crippen LogP contribution in [0, 0.1) is 0 Å². The summed E-state index contributed by atoms with van der Waals surface area (Å²) >= 11 is 0. The molecule has 1 atom stereocenters. The summed E-state index contributed by atoms with van der Waals surface area (Å²) in [6, 6.07) is 18.8. The van der Waals surface area contributed by atoms with Gasteiger partial charge in [0.05, 0.1) is 0 Å². The normalized spacial score (nSPS) is 18.5. The number of tetrazole rings is 1. The van der Waals surface area contributed by atoms with Crippen LogP contribution in [0.2, 0.25) is 0 Å². The van der Waals surface area contributed by atoms with Gasteiger partial charge in [0.1, 0.15) is 17.5 Å². The third kappa shape index (κ3) is 2.18.